The van der Waals surface area contributed by atoms with E-state index in [1.807, 2.05) is 19.1 Å². The van der Waals surface area contributed by atoms with Crippen LogP contribution in [-0.2, 0) is 9.59 Å². The molecule has 8 nitrogen and oxygen atoms in total. The number of imide groups is 1. The second-order valence-electron chi connectivity index (χ2n) is 6.57. The van der Waals surface area contributed by atoms with Crippen LogP contribution in [0.1, 0.15) is 19.4 Å². The van der Waals surface area contributed by atoms with Crippen molar-refractivity contribution in [2.24, 2.45) is 0 Å². The van der Waals surface area contributed by atoms with Crippen LogP contribution in [0.2, 0.25) is 0 Å². The topological polar surface area (TPSA) is 91.4 Å². The molecule has 0 radical (unpaired) electrons. The molecule has 9 heteroatoms. The number of ether oxygens (including phenoxy) is 4. The van der Waals surface area contributed by atoms with Crippen molar-refractivity contribution >= 4 is 35.0 Å². The lowest BCUT2D eigenvalue weighted by Gasteiger charge is -2.14. The lowest BCUT2D eigenvalue weighted by Crippen LogP contribution is -2.32. The minimum Gasteiger partial charge on any atom is -0.493 e. The summed E-state index contributed by atoms with van der Waals surface area (Å²) in [6.07, 6.45) is 1.60. The smallest absolute Gasteiger partial charge is 0.308 e. The van der Waals surface area contributed by atoms with Crippen LogP contribution in [0.15, 0.2) is 47.4 Å². The van der Waals surface area contributed by atoms with Gasteiger partial charge in [0.1, 0.15) is 6.61 Å². The largest absolute Gasteiger partial charge is 0.493 e. The number of hydrogen-bond acceptors (Lipinski definition) is 8. The van der Waals surface area contributed by atoms with Crippen LogP contribution < -0.4 is 18.9 Å². The van der Waals surface area contributed by atoms with Crippen LogP contribution in [0.25, 0.3) is 6.08 Å². The van der Waals surface area contributed by atoms with Crippen molar-refractivity contribution in [3.05, 3.63) is 52.9 Å². The van der Waals surface area contributed by atoms with Crippen LogP contribution in [0.4, 0.5) is 4.79 Å². The van der Waals surface area contributed by atoms with Crippen LogP contribution in [0, 0.1) is 0 Å². The average molecular weight is 458 g/mol. The standard InChI is InChI=1S/C23H23NO7S/c1-4-29-20-13-16(9-10-19(20)31-15(2)25)14-21-22(26)24(23(27)32-21)11-12-30-18-8-6-5-7-17(18)28-3/h5-10,13-14H,4,11-12H2,1-3H3/b21-14-. The second kappa shape index (κ2) is 10.7. The molecule has 1 fully saturated rings. The summed E-state index contributed by atoms with van der Waals surface area (Å²) in [5.74, 6) is 0.914. The Morgan fingerprint density at radius 1 is 1.03 bits per heavy atom. The Kier molecular flexibility index (Phi) is 7.77. The lowest BCUT2D eigenvalue weighted by atomic mass is 10.2. The Labute approximate surface area is 190 Å². The number of benzene rings is 2. The van der Waals surface area contributed by atoms with Gasteiger partial charge in [-0.05, 0) is 54.6 Å². The fraction of sp³-hybridized carbons (Fsp3) is 0.261. The van der Waals surface area contributed by atoms with Gasteiger partial charge in [0.25, 0.3) is 11.1 Å². The SMILES string of the molecule is CCOc1cc(/C=C2\SC(=O)N(CCOc3ccccc3OC)C2=O)ccc1OC(C)=O. The van der Waals surface area contributed by atoms with Gasteiger partial charge in [0.2, 0.25) is 0 Å². The maximum Gasteiger partial charge on any atom is 0.308 e. The van der Waals surface area contributed by atoms with Gasteiger partial charge in [0.15, 0.2) is 23.0 Å². The molecule has 0 spiro atoms. The highest BCUT2D eigenvalue weighted by Crippen LogP contribution is 2.35. The zero-order chi connectivity index (χ0) is 23.1. The minimum atomic E-state index is -0.463. The Hall–Kier alpha value is -3.46. The molecule has 32 heavy (non-hydrogen) atoms. The molecule has 0 unspecified atom stereocenters. The van der Waals surface area contributed by atoms with E-state index >= 15 is 0 Å². The first-order valence-corrected chi connectivity index (χ1v) is 10.7. The van der Waals surface area contributed by atoms with E-state index in [0.717, 1.165) is 16.7 Å². The molecule has 0 aromatic heterocycles. The van der Waals surface area contributed by atoms with E-state index in [4.69, 9.17) is 18.9 Å². The highest BCUT2D eigenvalue weighted by Gasteiger charge is 2.34. The number of esters is 1. The number of rotatable bonds is 9. The van der Waals surface area contributed by atoms with Crippen molar-refractivity contribution in [2.45, 2.75) is 13.8 Å². The fourth-order valence-electron chi connectivity index (χ4n) is 2.95. The third-order valence-corrected chi connectivity index (χ3v) is 5.24. The molecule has 0 N–H and O–H groups in total. The molecule has 3 rings (SSSR count). The summed E-state index contributed by atoms with van der Waals surface area (Å²) in [5.41, 5.74) is 0.639. The number of amides is 2. The molecule has 1 aliphatic heterocycles. The maximum atomic E-state index is 12.7. The maximum absolute atomic E-state index is 12.7. The van der Waals surface area contributed by atoms with Crippen molar-refractivity contribution in [1.82, 2.24) is 4.90 Å². The Morgan fingerprint density at radius 3 is 2.47 bits per heavy atom. The van der Waals surface area contributed by atoms with Crippen LogP contribution in [-0.4, -0.2) is 48.9 Å². The van der Waals surface area contributed by atoms with E-state index in [1.54, 1.807) is 43.5 Å². The first kappa shape index (κ1) is 23.2. The monoisotopic (exact) mass is 457 g/mol. The number of hydrogen-bond donors (Lipinski definition) is 0. The van der Waals surface area contributed by atoms with E-state index in [-0.39, 0.29) is 29.0 Å². The van der Waals surface area contributed by atoms with E-state index < -0.39 is 11.9 Å². The molecule has 168 valence electrons. The van der Waals surface area contributed by atoms with E-state index in [0.29, 0.717) is 29.4 Å². The number of thioether (sulfide) groups is 1. The molecule has 1 heterocycles. The molecule has 0 bridgehead atoms. The van der Waals surface area contributed by atoms with Crippen LogP contribution >= 0.6 is 11.8 Å². The fourth-order valence-corrected chi connectivity index (χ4v) is 3.82. The van der Waals surface area contributed by atoms with Gasteiger partial charge in [-0.25, -0.2) is 0 Å². The Balaban J connectivity index is 1.69. The van der Waals surface area contributed by atoms with Gasteiger partial charge < -0.3 is 18.9 Å². The van der Waals surface area contributed by atoms with Gasteiger partial charge >= 0.3 is 5.97 Å². The van der Waals surface area contributed by atoms with Crippen LogP contribution in [0.5, 0.6) is 23.0 Å². The predicted molar refractivity (Wildman–Crippen MR) is 120 cm³/mol. The summed E-state index contributed by atoms with van der Waals surface area (Å²) in [7, 11) is 1.54. The summed E-state index contributed by atoms with van der Waals surface area (Å²) in [6, 6.07) is 12.1. The number of carbonyl (C=O) groups excluding carboxylic acids is 3. The third kappa shape index (κ3) is 5.61. The van der Waals surface area contributed by atoms with Crippen molar-refractivity contribution in [2.75, 3.05) is 26.9 Å². The third-order valence-electron chi connectivity index (χ3n) is 4.33. The second-order valence-corrected chi connectivity index (χ2v) is 7.56. The van der Waals surface area contributed by atoms with Gasteiger partial charge in [0, 0.05) is 6.92 Å². The highest BCUT2D eigenvalue weighted by molar-refractivity contribution is 8.18. The van der Waals surface area contributed by atoms with E-state index in [1.165, 1.54) is 6.92 Å². The molecule has 0 aliphatic carbocycles. The Morgan fingerprint density at radius 2 is 1.78 bits per heavy atom. The first-order valence-electron chi connectivity index (χ1n) is 9.89. The highest BCUT2D eigenvalue weighted by atomic mass is 32.2. The zero-order valence-electron chi connectivity index (χ0n) is 18.0. The van der Waals surface area contributed by atoms with Crippen molar-refractivity contribution in [3.8, 4) is 23.0 Å². The quantitative estimate of drug-likeness (QED) is 0.315. The molecule has 2 aromatic rings. The molecule has 1 aliphatic rings. The normalized spacial score (nSPS) is 14.6. The molecule has 0 saturated carbocycles. The van der Waals surface area contributed by atoms with E-state index in [2.05, 4.69) is 0 Å². The van der Waals surface area contributed by atoms with Crippen molar-refractivity contribution in [1.29, 1.82) is 0 Å². The summed E-state index contributed by atoms with van der Waals surface area (Å²) in [4.78, 5) is 37.8. The number of para-hydroxylation sites is 2. The number of carbonyl (C=O) groups is 3. The molecular formula is C23H23NO7S. The van der Waals surface area contributed by atoms with Gasteiger partial charge in [-0.15, -0.1) is 0 Å². The summed E-state index contributed by atoms with van der Waals surface area (Å²) < 4.78 is 21.6. The van der Waals surface area contributed by atoms with Gasteiger partial charge in [-0.2, -0.15) is 0 Å². The summed E-state index contributed by atoms with van der Waals surface area (Å²) in [5, 5.41) is -0.369. The van der Waals surface area contributed by atoms with Crippen LogP contribution in [0.3, 0.4) is 0 Å². The van der Waals surface area contributed by atoms with Gasteiger partial charge in [0.05, 0.1) is 25.2 Å². The molecule has 0 atom stereocenters. The average Bonchev–Trinajstić information content (AvgIpc) is 3.03. The summed E-state index contributed by atoms with van der Waals surface area (Å²) >= 11 is 0.857. The summed E-state index contributed by atoms with van der Waals surface area (Å²) in [6.45, 7) is 3.73. The molecule has 1 saturated heterocycles. The lowest BCUT2D eigenvalue weighted by molar-refractivity contribution is -0.132. The van der Waals surface area contributed by atoms with Crippen molar-refractivity contribution in [3.63, 3.8) is 0 Å². The molecular weight excluding hydrogens is 434 g/mol. The Bertz CT molecular complexity index is 1050. The molecule has 2 aromatic carbocycles. The van der Waals surface area contributed by atoms with Gasteiger partial charge in [-0.3, -0.25) is 19.3 Å². The number of methoxy groups -OCH3 is 1. The predicted octanol–water partition coefficient (Wildman–Crippen LogP) is 4.13. The van der Waals surface area contributed by atoms with Gasteiger partial charge in [-0.1, -0.05) is 18.2 Å². The molecule has 2 amide bonds. The van der Waals surface area contributed by atoms with E-state index in [9.17, 15) is 14.4 Å². The first-order chi connectivity index (χ1) is 15.4. The van der Waals surface area contributed by atoms with Crippen molar-refractivity contribution < 1.29 is 33.3 Å². The number of nitrogens with zero attached hydrogens (tertiary/aromatic N) is 1. The zero-order valence-corrected chi connectivity index (χ0v) is 18.8. The minimum absolute atomic E-state index is 0.107.